The van der Waals surface area contributed by atoms with Gasteiger partial charge in [0.05, 0.1) is 24.7 Å². The average Bonchev–Trinajstić information content (AvgIpc) is 2.65. The zero-order chi connectivity index (χ0) is 19.1. The van der Waals surface area contributed by atoms with E-state index >= 15 is 0 Å². The topological polar surface area (TPSA) is 117 Å². The van der Waals surface area contributed by atoms with Crippen LogP contribution in [0.15, 0.2) is 36.4 Å². The number of hydrogen-bond donors (Lipinski definition) is 1. The van der Waals surface area contributed by atoms with Crippen molar-refractivity contribution in [3.8, 4) is 17.2 Å². The molecular weight excluding hydrogens is 344 g/mol. The monoisotopic (exact) mass is 360 g/mol. The molecular formula is C17H16N2O7. The summed E-state index contributed by atoms with van der Waals surface area (Å²) in [5, 5.41) is 13.3. The van der Waals surface area contributed by atoms with E-state index in [0.717, 1.165) is 6.07 Å². The SMILES string of the molecule is COc1cc(NC(=O)COc2ccc([N+](=O)[O-])cc2C=O)cc(OC)c1. The first-order valence-electron chi connectivity index (χ1n) is 7.36. The number of hydrogen-bond acceptors (Lipinski definition) is 7. The Balaban J connectivity index is 2.05. The molecule has 0 aliphatic carbocycles. The molecule has 0 spiro atoms. The summed E-state index contributed by atoms with van der Waals surface area (Å²) in [6.45, 7) is -0.391. The molecule has 1 amide bonds. The van der Waals surface area contributed by atoms with Crippen LogP contribution in [0.5, 0.6) is 17.2 Å². The molecule has 0 unspecified atom stereocenters. The fourth-order valence-corrected chi connectivity index (χ4v) is 2.09. The lowest BCUT2D eigenvalue weighted by molar-refractivity contribution is -0.384. The summed E-state index contributed by atoms with van der Waals surface area (Å²) in [5.74, 6) is 0.581. The predicted molar refractivity (Wildman–Crippen MR) is 92.2 cm³/mol. The number of nitrogens with one attached hydrogen (secondary N) is 1. The third-order valence-corrected chi connectivity index (χ3v) is 3.33. The molecule has 9 nitrogen and oxygen atoms in total. The number of amides is 1. The number of non-ortho nitro benzene ring substituents is 1. The quantitative estimate of drug-likeness (QED) is 0.436. The van der Waals surface area contributed by atoms with Crippen molar-refractivity contribution in [1.29, 1.82) is 0 Å². The number of carbonyl (C=O) groups excluding carboxylic acids is 2. The third-order valence-electron chi connectivity index (χ3n) is 3.33. The average molecular weight is 360 g/mol. The number of benzene rings is 2. The second-order valence-corrected chi connectivity index (χ2v) is 5.04. The Morgan fingerprint density at radius 3 is 2.35 bits per heavy atom. The molecule has 0 aliphatic rings. The van der Waals surface area contributed by atoms with Gasteiger partial charge in [-0.05, 0) is 6.07 Å². The fourth-order valence-electron chi connectivity index (χ4n) is 2.09. The van der Waals surface area contributed by atoms with Crippen LogP contribution in [0.2, 0.25) is 0 Å². The molecule has 0 heterocycles. The van der Waals surface area contributed by atoms with Crippen LogP contribution in [0.25, 0.3) is 0 Å². The van der Waals surface area contributed by atoms with Crippen molar-refractivity contribution in [2.45, 2.75) is 0 Å². The Bertz CT molecular complexity index is 814. The van der Waals surface area contributed by atoms with E-state index in [1.807, 2.05) is 0 Å². The van der Waals surface area contributed by atoms with E-state index < -0.39 is 17.4 Å². The molecule has 26 heavy (non-hydrogen) atoms. The summed E-state index contributed by atoms with van der Waals surface area (Å²) < 4.78 is 15.5. The van der Waals surface area contributed by atoms with Crippen molar-refractivity contribution in [3.63, 3.8) is 0 Å². The molecule has 136 valence electrons. The van der Waals surface area contributed by atoms with Crippen LogP contribution in [0.4, 0.5) is 11.4 Å². The summed E-state index contributed by atoms with van der Waals surface area (Å²) in [5.41, 5.74) is 0.177. The van der Waals surface area contributed by atoms with Crippen molar-refractivity contribution in [3.05, 3.63) is 52.1 Å². The Kier molecular flexibility index (Phi) is 6.10. The molecule has 1 N–H and O–H groups in total. The number of anilines is 1. The minimum absolute atomic E-state index is 0.0185. The van der Waals surface area contributed by atoms with Gasteiger partial charge in [-0.2, -0.15) is 0 Å². The van der Waals surface area contributed by atoms with E-state index in [9.17, 15) is 19.7 Å². The molecule has 0 saturated carbocycles. The highest BCUT2D eigenvalue weighted by Crippen LogP contribution is 2.26. The van der Waals surface area contributed by atoms with Gasteiger partial charge in [0.2, 0.25) is 0 Å². The van der Waals surface area contributed by atoms with Crippen molar-refractivity contribution in [2.75, 3.05) is 26.1 Å². The van der Waals surface area contributed by atoms with Gasteiger partial charge in [0.1, 0.15) is 17.2 Å². The molecule has 2 rings (SSSR count). The maximum Gasteiger partial charge on any atom is 0.270 e. The third kappa shape index (κ3) is 4.69. The van der Waals surface area contributed by atoms with Crippen LogP contribution >= 0.6 is 0 Å². The Hall–Kier alpha value is -3.62. The van der Waals surface area contributed by atoms with Gasteiger partial charge < -0.3 is 19.5 Å². The van der Waals surface area contributed by atoms with Crippen LogP contribution in [-0.4, -0.2) is 37.9 Å². The van der Waals surface area contributed by atoms with Gasteiger partial charge >= 0.3 is 0 Å². The smallest absolute Gasteiger partial charge is 0.270 e. The largest absolute Gasteiger partial charge is 0.497 e. The Labute approximate surface area is 148 Å². The number of rotatable bonds is 8. The normalized spacial score (nSPS) is 9.92. The molecule has 9 heteroatoms. The van der Waals surface area contributed by atoms with Crippen LogP contribution in [0, 0.1) is 10.1 Å². The number of ether oxygens (including phenoxy) is 3. The van der Waals surface area contributed by atoms with E-state index in [0.29, 0.717) is 23.5 Å². The number of nitro groups is 1. The van der Waals surface area contributed by atoms with Crippen molar-refractivity contribution in [1.82, 2.24) is 0 Å². The molecule has 0 saturated heterocycles. The molecule has 0 atom stereocenters. The Morgan fingerprint density at radius 2 is 1.81 bits per heavy atom. The highest BCUT2D eigenvalue weighted by atomic mass is 16.6. The number of carbonyl (C=O) groups is 2. The maximum atomic E-state index is 12.0. The molecule has 0 radical (unpaired) electrons. The molecule has 0 bridgehead atoms. The van der Waals surface area contributed by atoms with E-state index in [-0.39, 0.29) is 17.0 Å². The first-order valence-corrected chi connectivity index (χ1v) is 7.36. The van der Waals surface area contributed by atoms with E-state index in [1.165, 1.54) is 26.4 Å². The van der Waals surface area contributed by atoms with Crippen LogP contribution < -0.4 is 19.5 Å². The highest BCUT2D eigenvalue weighted by molar-refractivity contribution is 5.92. The lowest BCUT2D eigenvalue weighted by atomic mass is 10.2. The zero-order valence-electron chi connectivity index (χ0n) is 14.1. The van der Waals surface area contributed by atoms with E-state index in [2.05, 4.69) is 5.32 Å². The lowest BCUT2D eigenvalue weighted by Crippen LogP contribution is -2.20. The number of aldehydes is 1. The summed E-state index contributed by atoms with van der Waals surface area (Å²) in [7, 11) is 2.97. The minimum Gasteiger partial charge on any atom is -0.497 e. The Morgan fingerprint density at radius 1 is 1.15 bits per heavy atom. The first-order chi connectivity index (χ1) is 12.5. The summed E-state index contributed by atoms with van der Waals surface area (Å²) >= 11 is 0. The standard InChI is InChI=1S/C17H16N2O7/c1-24-14-6-12(7-15(8-14)25-2)18-17(21)10-26-16-4-3-13(19(22)23)5-11(16)9-20/h3-9H,10H2,1-2H3,(H,18,21). The van der Waals surface area contributed by atoms with Crippen molar-refractivity contribution >= 4 is 23.6 Å². The predicted octanol–water partition coefficient (Wildman–Crippen LogP) is 2.44. The zero-order valence-corrected chi connectivity index (χ0v) is 14.1. The van der Waals surface area contributed by atoms with Crippen LogP contribution in [0.1, 0.15) is 10.4 Å². The second kappa shape index (κ2) is 8.47. The highest BCUT2D eigenvalue weighted by Gasteiger charge is 2.13. The number of methoxy groups -OCH3 is 2. The minimum atomic E-state index is -0.625. The molecule has 2 aromatic rings. The summed E-state index contributed by atoms with van der Waals surface area (Å²) in [6, 6.07) is 8.38. The van der Waals surface area contributed by atoms with Gasteiger partial charge in [-0.1, -0.05) is 0 Å². The maximum absolute atomic E-state index is 12.0. The first kappa shape index (κ1) is 18.7. The van der Waals surface area contributed by atoms with Gasteiger partial charge in [0.15, 0.2) is 12.9 Å². The van der Waals surface area contributed by atoms with Crippen LogP contribution in [-0.2, 0) is 4.79 Å². The molecule has 0 aromatic heterocycles. The fraction of sp³-hybridized carbons (Fsp3) is 0.176. The van der Waals surface area contributed by atoms with Crippen LogP contribution in [0.3, 0.4) is 0 Å². The second-order valence-electron chi connectivity index (χ2n) is 5.04. The van der Waals surface area contributed by atoms with Crippen molar-refractivity contribution < 1.29 is 28.7 Å². The van der Waals surface area contributed by atoms with Crippen molar-refractivity contribution in [2.24, 2.45) is 0 Å². The van der Waals surface area contributed by atoms with E-state index in [4.69, 9.17) is 14.2 Å². The number of nitrogens with zero attached hydrogens (tertiary/aromatic N) is 1. The summed E-state index contributed by atoms with van der Waals surface area (Å²) in [6.07, 6.45) is 0.424. The summed E-state index contributed by atoms with van der Waals surface area (Å²) in [4.78, 5) is 33.2. The van der Waals surface area contributed by atoms with Gasteiger partial charge in [-0.25, -0.2) is 0 Å². The van der Waals surface area contributed by atoms with Gasteiger partial charge in [-0.3, -0.25) is 19.7 Å². The lowest BCUT2D eigenvalue weighted by Gasteiger charge is -2.11. The van der Waals surface area contributed by atoms with Gasteiger partial charge in [0, 0.05) is 36.0 Å². The van der Waals surface area contributed by atoms with E-state index in [1.54, 1.807) is 18.2 Å². The van der Waals surface area contributed by atoms with Gasteiger partial charge in [0.25, 0.3) is 11.6 Å². The van der Waals surface area contributed by atoms with Gasteiger partial charge in [-0.15, -0.1) is 0 Å². The molecule has 2 aromatic carbocycles. The number of nitro benzene ring substituents is 1. The molecule has 0 fully saturated rings. The molecule has 0 aliphatic heterocycles.